The van der Waals surface area contributed by atoms with Gasteiger partial charge in [-0.1, -0.05) is 37.3 Å². The quantitative estimate of drug-likeness (QED) is 0.624. The molecule has 2 fully saturated rings. The van der Waals surface area contributed by atoms with Gasteiger partial charge >= 0.3 is 5.97 Å². The molecule has 0 saturated carbocycles. The van der Waals surface area contributed by atoms with E-state index in [4.69, 9.17) is 9.47 Å². The van der Waals surface area contributed by atoms with Crippen molar-refractivity contribution in [3.05, 3.63) is 42.0 Å². The topological polar surface area (TPSA) is 55.8 Å². The Kier molecular flexibility index (Phi) is 3.72. The Morgan fingerprint density at radius 1 is 1.40 bits per heavy atom. The van der Waals surface area contributed by atoms with Crippen LogP contribution in [0.3, 0.4) is 0 Å². The lowest BCUT2D eigenvalue weighted by molar-refractivity contribution is -0.156. The zero-order chi connectivity index (χ0) is 17.8. The highest BCUT2D eigenvalue weighted by molar-refractivity contribution is 6.03. The van der Waals surface area contributed by atoms with Crippen molar-refractivity contribution < 1.29 is 19.1 Å². The molecule has 4 atom stereocenters. The van der Waals surface area contributed by atoms with Gasteiger partial charge in [-0.25, -0.2) is 0 Å². The van der Waals surface area contributed by atoms with Gasteiger partial charge in [-0.05, 0) is 31.9 Å². The number of carbonyl (C=O) groups excluding carboxylic acids is 2. The second-order valence-corrected chi connectivity index (χ2v) is 7.29. The lowest BCUT2D eigenvalue weighted by atomic mass is 9.77. The molecule has 0 N–H and O–H groups in total. The average Bonchev–Trinajstić information content (AvgIpc) is 3.22. The number of ether oxygens (including phenoxy) is 2. The fraction of sp³-hybridized carbons (Fsp3) is 0.500. The molecule has 3 aliphatic rings. The van der Waals surface area contributed by atoms with Crippen molar-refractivity contribution >= 4 is 17.6 Å². The van der Waals surface area contributed by atoms with Crippen LogP contribution in [-0.2, 0) is 25.5 Å². The van der Waals surface area contributed by atoms with Crippen LogP contribution in [0, 0.1) is 11.8 Å². The van der Waals surface area contributed by atoms with Crippen LogP contribution in [0.1, 0.15) is 26.3 Å². The van der Waals surface area contributed by atoms with Crippen LogP contribution in [-0.4, -0.2) is 36.2 Å². The van der Waals surface area contributed by atoms with Gasteiger partial charge in [0.15, 0.2) is 0 Å². The predicted molar refractivity (Wildman–Crippen MR) is 93.1 cm³/mol. The molecule has 3 heterocycles. The second kappa shape index (κ2) is 5.70. The normalized spacial score (nSPS) is 32.6. The summed E-state index contributed by atoms with van der Waals surface area (Å²) in [6.07, 6.45) is 4.15. The monoisotopic (exact) mass is 341 g/mol. The Morgan fingerprint density at radius 3 is 2.88 bits per heavy atom. The largest absolute Gasteiger partial charge is 0.463 e. The van der Waals surface area contributed by atoms with E-state index in [0.29, 0.717) is 6.54 Å². The van der Waals surface area contributed by atoms with Crippen molar-refractivity contribution in [2.45, 2.75) is 45.0 Å². The van der Waals surface area contributed by atoms with Crippen molar-refractivity contribution in [3.8, 4) is 0 Å². The molecular formula is C20H23NO4. The molecule has 0 radical (unpaired) electrons. The van der Waals surface area contributed by atoms with Crippen molar-refractivity contribution in [2.24, 2.45) is 11.8 Å². The van der Waals surface area contributed by atoms with E-state index in [0.717, 1.165) is 17.7 Å². The lowest BCUT2D eigenvalue weighted by Gasteiger charge is -2.24. The number of anilines is 1. The number of fused-ring (bicyclic) bond motifs is 1. The molecule has 0 aromatic heterocycles. The highest BCUT2D eigenvalue weighted by atomic mass is 16.6. The Bertz CT molecular complexity index is 756. The van der Waals surface area contributed by atoms with Crippen LogP contribution in [0.15, 0.2) is 36.4 Å². The van der Waals surface area contributed by atoms with Gasteiger partial charge in [0.05, 0.1) is 24.7 Å². The van der Waals surface area contributed by atoms with Crippen LogP contribution in [0.25, 0.3) is 0 Å². The first-order valence-corrected chi connectivity index (χ1v) is 8.94. The maximum Gasteiger partial charge on any atom is 0.313 e. The Morgan fingerprint density at radius 2 is 2.16 bits per heavy atom. The lowest BCUT2D eigenvalue weighted by Crippen LogP contribution is -2.40. The van der Waals surface area contributed by atoms with E-state index in [1.165, 1.54) is 0 Å². The number of aryl methyl sites for hydroxylation is 1. The molecule has 5 nitrogen and oxygen atoms in total. The summed E-state index contributed by atoms with van der Waals surface area (Å²) in [5.74, 6) is -1.44. The first-order valence-electron chi connectivity index (χ1n) is 8.94. The number of para-hydroxylation sites is 1. The molecule has 0 aliphatic carbocycles. The first-order chi connectivity index (χ1) is 12.0. The van der Waals surface area contributed by atoms with Gasteiger partial charge in [-0.15, -0.1) is 0 Å². The van der Waals surface area contributed by atoms with E-state index in [2.05, 4.69) is 6.92 Å². The molecule has 1 aromatic rings. The summed E-state index contributed by atoms with van der Waals surface area (Å²) in [5, 5.41) is 0. The van der Waals surface area contributed by atoms with Crippen LogP contribution in [0.4, 0.5) is 5.69 Å². The fourth-order valence-corrected chi connectivity index (χ4v) is 4.36. The summed E-state index contributed by atoms with van der Waals surface area (Å²) in [7, 11) is 0. The minimum Gasteiger partial charge on any atom is -0.463 e. The van der Waals surface area contributed by atoms with E-state index >= 15 is 0 Å². The Hall–Kier alpha value is -2.14. The van der Waals surface area contributed by atoms with Gasteiger partial charge in [-0.3, -0.25) is 9.59 Å². The Balaban J connectivity index is 1.69. The summed E-state index contributed by atoms with van der Waals surface area (Å²) in [6.45, 7) is 6.16. The number of rotatable bonds is 4. The van der Waals surface area contributed by atoms with E-state index < -0.39 is 17.4 Å². The standard InChI is InChI=1S/C20H23NO4/c1-4-13-7-5-6-8-14(13)21-11-20-10-9-15(25-20)16(17(20)18(21)22)19(23)24-12(2)3/h5-10,12,15-17H,4,11H2,1-3H3/t15-,16-,17-,20-/m1/s1. The van der Waals surface area contributed by atoms with Crippen molar-refractivity contribution in [3.63, 3.8) is 0 Å². The molecule has 0 unspecified atom stereocenters. The maximum absolute atomic E-state index is 13.2. The molecule has 1 aromatic carbocycles. The number of esters is 1. The fourth-order valence-electron chi connectivity index (χ4n) is 4.36. The van der Waals surface area contributed by atoms with Crippen LogP contribution in [0.5, 0.6) is 0 Å². The number of carbonyl (C=O) groups is 2. The highest BCUT2D eigenvalue weighted by Crippen LogP contribution is 2.53. The molecule has 1 amide bonds. The number of benzene rings is 1. The molecule has 4 rings (SSSR count). The number of nitrogens with zero attached hydrogens (tertiary/aromatic N) is 1. The van der Waals surface area contributed by atoms with Crippen LogP contribution >= 0.6 is 0 Å². The minimum absolute atomic E-state index is 0.0431. The number of amides is 1. The third-order valence-electron chi connectivity index (χ3n) is 5.39. The van der Waals surface area contributed by atoms with Crippen molar-refractivity contribution in [1.82, 2.24) is 0 Å². The molecule has 2 bridgehead atoms. The summed E-state index contributed by atoms with van der Waals surface area (Å²) in [4.78, 5) is 27.6. The van der Waals surface area contributed by atoms with E-state index in [1.54, 1.807) is 4.90 Å². The van der Waals surface area contributed by atoms with E-state index in [9.17, 15) is 9.59 Å². The third-order valence-corrected chi connectivity index (χ3v) is 5.39. The summed E-state index contributed by atoms with van der Waals surface area (Å²) in [6, 6.07) is 7.91. The van der Waals surface area contributed by atoms with Gasteiger partial charge in [0, 0.05) is 5.69 Å². The van der Waals surface area contributed by atoms with E-state index in [1.807, 2.05) is 50.3 Å². The molecule has 25 heavy (non-hydrogen) atoms. The SMILES string of the molecule is CCc1ccccc1N1C[C@@]23C=C[C@@H](O2)[C@@H](C(=O)OC(C)C)[C@@H]3C1=O. The third kappa shape index (κ3) is 2.33. The maximum atomic E-state index is 13.2. The summed E-state index contributed by atoms with van der Waals surface area (Å²) >= 11 is 0. The minimum atomic E-state index is -0.705. The molecule has 2 saturated heterocycles. The van der Waals surface area contributed by atoms with Gasteiger partial charge in [-0.2, -0.15) is 0 Å². The number of hydrogen-bond acceptors (Lipinski definition) is 4. The summed E-state index contributed by atoms with van der Waals surface area (Å²) in [5.41, 5.74) is 1.32. The molecule has 132 valence electrons. The van der Waals surface area contributed by atoms with Crippen molar-refractivity contribution in [1.29, 1.82) is 0 Å². The zero-order valence-electron chi connectivity index (χ0n) is 14.8. The van der Waals surface area contributed by atoms with Crippen molar-refractivity contribution in [2.75, 3.05) is 11.4 Å². The van der Waals surface area contributed by atoms with Crippen LogP contribution < -0.4 is 4.90 Å². The molecular weight excluding hydrogens is 318 g/mol. The van der Waals surface area contributed by atoms with Gasteiger partial charge < -0.3 is 14.4 Å². The number of hydrogen-bond donors (Lipinski definition) is 0. The molecule has 5 heteroatoms. The van der Waals surface area contributed by atoms with Gasteiger partial charge in [0.2, 0.25) is 5.91 Å². The smallest absolute Gasteiger partial charge is 0.313 e. The molecule has 1 spiro atoms. The molecule has 3 aliphatic heterocycles. The van der Waals surface area contributed by atoms with E-state index in [-0.39, 0.29) is 24.1 Å². The van der Waals surface area contributed by atoms with Gasteiger partial charge in [0.25, 0.3) is 0 Å². The predicted octanol–water partition coefficient (Wildman–Crippen LogP) is 2.49. The zero-order valence-corrected chi connectivity index (χ0v) is 14.8. The highest BCUT2D eigenvalue weighted by Gasteiger charge is 2.67. The summed E-state index contributed by atoms with van der Waals surface area (Å²) < 4.78 is 11.5. The average molecular weight is 341 g/mol. The first kappa shape index (κ1) is 16.3. The second-order valence-electron chi connectivity index (χ2n) is 7.29. The van der Waals surface area contributed by atoms with Crippen LogP contribution in [0.2, 0.25) is 0 Å². The Labute approximate surface area is 147 Å². The van der Waals surface area contributed by atoms with Gasteiger partial charge in [0.1, 0.15) is 11.5 Å².